The summed E-state index contributed by atoms with van der Waals surface area (Å²) < 4.78 is 4.38. The Bertz CT molecular complexity index is 2230. The molecule has 1 aliphatic carbocycles. The molecule has 50 heavy (non-hydrogen) atoms. The van der Waals surface area contributed by atoms with E-state index >= 15 is 0 Å². The van der Waals surface area contributed by atoms with Crippen molar-refractivity contribution >= 4 is 91.5 Å². The first-order valence-electron chi connectivity index (χ1n) is 16.5. The van der Waals surface area contributed by atoms with Crippen LogP contribution in [0, 0.1) is 17.2 Å². The Kier molecular flexibility index (Phi) is 11.5. The number of carboxylic acid groups (broad SMARTS) is 2. The zero-order chi connectivity index (χ0) is 36.3. The second-order valence-electron chi connectivity index (χ2n) is 12.3. The number of aliphatic carboxylic acids is 2. The van der Waals surface area contributed by atoms with Crippen molar-refractivity contribution in [2.24, 2.45) is 5.92 Å². The third kappa shape index (κ3) is 7.33. The van der Waals surface area contributed by atoms with E-state index in [2.05, 4.69) is 30.5 Å². The SMILES string of the molecule is CCCCCCn1c2c(c3cc(/C=C(C)/C=c4/s/c(=C5/SC(=S)N(CC)C5=O)n(CC(=O)O)c4=O)ccc31)C(C)C(/C=C(\C#N)C(=O)O)C=C2. The number of thiocarbonyl (C=S) groups is 1. The summed E-state index contributed by atoms with van der Waals surface area (Å²) in [6.45, 7) is 8.52. The number of carbonyl (C=O) groups excluding carboxylic acids is 1. The zero-order valence-corrected chi connectivity index (χ0v) is 30.7. The Balaban J connectivity index is 1.61. The summed E-state index contributed by atoms with van der Waals surface area (Å²) in [6, 6.07) is 8.00. The van der Waals surface area contributed by atoms with Crippen LogP contribution in [0.5, 0.6) is 0 Å². The zero-order valence-electron chi connectivity index (χ0n) is 28.3. The molecule has 0 saturated carbocycles. The van der Waals surface area contributed by atoms with Crippen molar-refractivity contribution < 1.29 is 24.6 Å². The fraction of sp³-hybridized carbons (Fsp3) is 0.351. The van der Waals surface area contributed by atoms with Gasteiger partial charge in [-0.3, -0.25) is 23.9 Å². The van der Waals surface area contributed by atoms with Crippen LogP contribution in [0.15, 0.2) is 46.3 Å². The highest BCUT2D eigenvalue weighted by Gasteiger charge is 2.33. The normalized spacial score (nSPS) is 19.4. The molecule has 0 bridgehead atoms. The molecule has 2 aliphatic rings. The maximum atomic E-state index is 13.5. The number of nitrogens with zero attached hydrogens (tertiary/aromatic N) is 4. The quantitative estimate of drug-likeness (QED) is 0.104. The van der Waals surface area contributed by atoms with Gasteiger partial charge in [-0.1, -0.05) is 81.4 Å². The topological polar surface area (TPSA) is 146 Å². The van der Waals surface area contributed by atoms with Gasteiger partial charge >= 0.3 is 11.9 Å². The summed E-state index contributed by atoms with van der Waals surface area (Å²) in [5, 5.41) is 29.5. The van der Waals surface area contributed by atoms with Crippen LogP contribution in [0.1, 0.15) is 76.1 Å². The maximum absolute atomic E-state index is 13.5. The number of benzene rings is 1. The van der Waals surface area contributed by atoms with E-state index in [4.69, 9.17) is 12.2 Å². The molecule has 2 aromatic heterocycles. The van der Waals surface area contributed by atoms with E-state index in [1.165, 1.54) is 11.0 Å². The number of fused-ring (bicyclic) bond motifs is 3. The number of amides is 1. The highest BCUT2D eigenvalue weighted by Crippen LogP contribution is 2.42. The third-order valence-corrected chi connectivity index (χ3v) is 11.6. The molecule has 1 amide bonds. The van der Waals surface area contributed by atoms with E-state index in [1.54, 1.807) is 19.1 Å². The van der Waals surface area contributed by atoms with Gasteiger partial charge in [0.15, 0.2) is 0 Å². The number of aryl methyl sites for hydroxylation is 1. The fourth-order valence-corrected chi connectivity index (χ4v) is 9.18. The lowest BCUT2D eigenvalue weighted by molar-refractivity contribution is -0.138. The molecule has 3 heterocycles. The molecule has 2 unspecified atom stereocenters. The van der Waals surface area contributed by atoms with E-state index in [0.717, 1.165) is 93.2 Å². The van der Waals surface area contributed by atoms with Gasteiger partial charge in [-0.05, 0) is 67.2 Å². The number of unbranched alkanes of at least 4 members (excludes halogenated alkanes) is 3. The monoisotopic (exact) mass is 730 g/mol. The van der Waals surface area contributed by atoms with E-state index < -0.39 is 24.0 Å². The van der Waals surface area contributed by atoms with E-state index in [0.29, 0.717) is 15.4 Å². The molecular formula is C37H38N4O6S3. The van der Waals surface area contributed by atoms with Crippen molar-refractivity contribution in [3.05, 3.63) is 77.9 Å². The number of nitriles is 1. The first-order chi connectivity index (χ1) is 23.9. The van der Waals surface area contributed by atoms with Crippen LogP contribution < -0.4 is 14.8 Å². The van der Waals surface area contributed by atoms with Gasteiger partial charge in [0, 0.05) is 35.6 Å². The fourth-order valence-electron chi connectivity index (χ4n) is 6.49. The van der Waals surface area contributed by atoms with E-state index in [9.17, 15) is 34.7 Å². The smallest absolute Gasteiger partial charge is 0.346 e. The Labute approximate surface area is 303 Å². The number of hydrogen-bond donors (Lipinski definition) is 2. The Morgan fingerprint density at radius 3 is 2.52 bits per heavy atom. The van der Waals surface area contributed by atoms with Crippen LogP contribution >= 0.6 is 35.3 Å². The molecule has 0 spiro atoms. The molecule has 1 aromatic carbocycles. The van der Waals surface area contributed by atoms with Crippen LogP contribution in [0.25, 0.3) is 34.0 Å². The Morgan fingerprint density at radius 2 is 1.88 bits per heavy atom. The Hall–Kier alpha value is -4.51. The summed E-state index contributed by atoms with van der Waals surface area (Å²) in [6.07, 6.45) is 13.6. The average Bonchev–Trinajstić information content (AvgIpc) is 3.65. The van der Waals surface area contributed by atoms with Crippen LogP contribution in [-0.2, 0) is 27.5 Å². The van der Waals surface area contributed by atoms with Crippen molar-refractivity contribution in [3.8, 4) is 6.07 Å². The minimum absolute atomic E-state index is 0.0913. The molecule has 1 aliphatic heterocycles. The minimum Gasteiger partial charge on any atom is -0.480 e. The molecule has 2 N–H and O–H groups in total. The molecule has 2 atom stereocenters. The van der Waals surface area contributed by atoms with Crippen LogP contribution in [-0.4, -0.2) is 53.0 Å². The van der Waals surface area contributed by atoms with Gasteiger partial charge in [0.2, 0.25) is 0 Å². The largest absolute Gasteiger partial charge is 0.480 e. The van der Waals surface area contributed by atoms with Crippen LogP contribution in [0.3, 0.4) is 0 Å². The molecule has 10 nitrogen and oxygen atoms in total. The van der Waals surface area contributed by atoms with Crippen molar-refractivity contribution in [1.82, 2.24) is 14.0 Å². The summed E-state index contributed by atoms with van der Waals surface area (Å²) in [5.74, 6) is -3.15. The van der Waals surface area contributed by atoms with Gasteiger partial charge in [-0.15, -0.1) is 11.3 Å². The lowest BCUT2D eigenvalue weighted by Gasteiger charge is -2.24. The van der Waals surface area contributed by atoms with Gasteiger partial charge in [-0.2, -0.15) is 5.26 Å². The van der Waals surface area contributed by atoms with Gasteiger partial charge in [-0.25, -0.2) is 4.79 Å². The minimum atomic E-state index is -1.25. The van der Waals surface area contributed by atoms with Crippen LogP contribution in [0.2, 0.25) is 0 Å². The van der Waals surface area contributed by atoms with E-state index in [-0.39, 0.29) is 32.9 Å². The molecule has 3 aromatic rings. The summed E-state index contributed by atoms with van der Waals surface area (Å²) in [4.78, 5) is 51.6. The third-order valence-electron chi connectivity index (χ3n) is 8.94. The molecule has 5 rings (SSSR count). The lowest BCUT2D eigenvalue weighted by Crippen LogP contribution is -2.35. The van der Waals surface area contributed by atoms with Gasteiger partial charge in [0.05, 0.1) is 4.53 Å². The first kappa shape index (κ1) is 36.8. The summed E-state index contributed by atoms with van der Waals surface area (Å²) in [5.41, 5.74) is 4.09. The number of thiazole rings is 1. The molecule has 260 valence electrons. The predicted molar refractivity (Wildman–Crippen MR) is 203 cm³/mol. The number of aromatic nitrogens is 2. The van der Waals surface area contributed by atoms with Crippen molar-refractivity contribution in [1.29, 1.82) is 5.26 Å². The molecular weight excluding hydrogens is 693 g/mol. The first-order valence-corrected chi connectivity index (χ1v) is 18.5. The number of thioether (sulfide) groups is 1. The number of hydrogen-bond acceptors (Lipinski definition) is 8. The lowest BCUT2D eigenvalue weighted by atomic mass is 9.81. The van der Waals surface area contributed by atoms with Crippen molar-refractivity contribution in [2.75, 3.05) is 6.54 Å². The van der Waals surface area contributed by atoms with E-state index in [1.807, 2.05) is 31.2 Å². The second-order valence-corrected chi connectivity index (χ2v) is 15.0. The summed E-state index contributed by atoms with van der Waals surface area (Å²) in [7, 11) is 0. The molecule has 1 saturated heterocycles. The Morgan fingerprint density at radius 1 is 1.12 bits per heavy atom. The molecule has 1 fully saturated rings. The maximum Gasteiger partial charge on any atom is 0.346 e. The van der Waals surface area contributed by atoms with Crippen LogP contribution in [0.4, 0.5) is 0 Å². The van der Waals surface area contributed by atoms with Gasteiger partial charge in [0.1, 0.15) is 32.1 Å². The van der Waals surface area contributed by atoms with Crippen molar-refractivity contribution in [3.63, 3.8) is 0 Å². The average molecular weight is 731 g/mol. The standard InChI is InChI=1S/C37H38N4O6S3/c1-5-7-8-9-14-40-27-12-10-23(17-26(27)31-22(4)24(11-13-28(31)40)18-25(19-38)36(46)47)15-21(3)16-29-33(44)41(20-30(42)43)35(49-29)32-34(45)39(6-2)37(48)50-32/h10-13,15-18,22,24H,5-9,14,20H2,1-4H3,(H,42,43)(H,46,47)/b21-15+,25-18+,29-16+,35-32+. The highest BCUT2D eigenvalue weighted by molar-refractivity contribution is 8.30. The van der Waals surface area contributed by atoms with Gasteiger partial charge < -0.3 is 14.8 Å². The number of carboxylic acids is 2. The van der Waals surface area contributed by atoms with Gasteiger partial charge in [0.25, 0.3) is 11.5 Å². The predicted octanol–water partition coefficient (Wildman–Crippen LogP) is 5.68. The second kappa shape index (κ2) is 15.6. The van der Waals surface area contributed by atoms with Crippen molar-refractivity contribution in [2.45, 2.75) is 72.4 Å². The number of rotatable bonds is 12. The summed E-state index contributed by atoms with van der Waals surface area (Å²) >= 11 is 7.49. The highest BCUT2D eigenvalue weighted by atomic mass is 32.2. The molecule has 13 heteroatoms. The number of allylic oxidation sites excluding steroid dienone is 3. The number of carbonyl (C=O) groups is 3. The molecule has 0 radical (unpaired) electrons.